The van der Waals surface area contributed by atoms with Crippen molar-refractivity contribution in [3.05, 3.63) is 69.2 Å². The Morgan fingerprint density at radius 1 is 1.03 bits per heavy atom. The van der Waals surface area contributed by atoms with Gasteiger partial charge in [0.25, 0.3) is 0 Å². The van der Waals surface area contributed by atoms with Gasteiger partial charge in [0, 0.05) is 5.02 Å². The Bertz CT molecular complexity index is 920. The Balaban J connectivity index is 1.61. The molecule has 1 heterocycles. The van der Waals surface area contributed by atoms with Crippen molar-refractivity contribution >= 4 is 27.3 Å². The molecule has 1 aliphatic carbocycles. The second kappa shape index (κ2) is 7.73. The van der Waals surface area contributed by atoms with E-state index in [0.29, 0.717) is 17.0 Å². The van der Waals surface area contributed by atoms with Gasteiger partial charge in [-0.1, -0.05) is 52.7 Å². The highest BCUT2D eigenvalue weighted by Gasteiger charge is 2.44. The Kier molecular flexibility index (Phi) is 5.57. The van der Waals surface area contributed by atoms with Gasteiger partial charge in [-0.15, -0.1) is 0 Å². The summed E-state index contributed by atoms with van der Waals surface area (Å²) in [4.78, 5) is 0. The lowest BCUT2D eigenvalue weighted by molar-refractivity contribution is -0.231. The van der Waals surface area contributed by atoms with E-state index in [9.17, 15) is 20.4 Å². The van der Waals surface area contributed by atoms with Crippen LogP contribution in [0.2, 0.25) is 5.02 Å². The van der Waals surface area contributed by atoms with E-state index in [1.807, 2.05) is 6.07 Å². The van der Waals surface area contributed by atoms with Crippen molar-refractivity contribution in [2.24, 2.45) is 0 Å². The number of ether oxygens (including phenoxy) is 1. The third kappa shape index (κ3) is 3.76. The summed E-state index contributed by atoms with van der Waals surface area (Å²) < 4.78 is 5.68. The lowest BCUT2D eigenvalue weighted by Gasteiger charge is -2.40. The zero-order valence-electron chi connectivity index (χ0n) is 16.5. The van der Waals surface area contributed by atoms with E-state index in [1.165, 1.54) is 11.1 Å². The molecule has 0 spiro atoms. The molecular weight excluding hydrogens is 389 g/mol. The fourth-order valence-corrected chi connectivity index (χ4v) is 4.67. The van der Waals surface area contributed by atoms with Crippen LogP contribution in [0.4, 0.5) is 0 Å². The number of aliphatic hydroxyl groups excluding tert-OH is 4. The van der Waals surface area contributed by atoms with Crippen LogP contribution >= 0.6 is 11.6 Å². The summed E-state index contributed by atoms with van der Waals surface area (Å²) in [6.07, 6.45) is -4.16. The number of rotatable bonds is 4. The third-order valence-corrected chi connectivity index (χ3v) is 6.59. The second-order valence-electron chi connectivity index (χ2n) is 8.83. The molecule has 0 bridgehead atoms. The van der Waals surface area contributed by atoms with Crippen molar-refractivity contribution in [2.45, 2.75) is 48.6 Å². The van der Waals surface area contributed by atoms with Crippen molar-refractivity contribution < 1.29 is 25.2 Å². The van der Waals surface area contributed by atoms with E-state index in [1.54, 1.807) is 12.1 Å². The Morgan fingerprint density at radius 3 is 2.48 bits per heavy atom. The summed E-state index contributed by atoms with van der Waals surface area (Å²) in [5.41, 5.74) is 5.45. The van der Waals surface area contributed by atoms with Crippen LogP contribution in [0.5, 0.6) is 0 Å². The first kappa shape index (κ1) is 20.9. The van der Waals surface area contributed by atoms with Gasteiger partial charge in [0.05, 0.1) is 6.61 Å². The van der Waals surface area contributed by atoms with E-state index in [0.717, 1.165) is 17.5 Å². The van der Waals surface area contributed by atoms with Crippen LogP contribution in [0, 0.1) is 0 Å². The van der Waals surface area contributed by atoms with Crippen molar-refractivity contribution in [3.8, 4) is 0 Å². The quantitative estimate of drug-likeness (QED) is 0.503. The lowest BCUT2D eigenvalue weighted by atomic mass is 9.42. The van der Waals surface area contributed by atoms with Crippen LogP contribution in [0.25, 0.3) is 0 Å². The topological polar surface area (TPSA) is 90.2 Å². The molecule has 1 aliphatic heterocycles. The summed E-state index contributed by atoms with van der Waals surface area (Å²) >= 11 is 6.44. The van der Waals surface area contributed by atoms with Gasteiger partial charge in [0.15, 0.2) is 0 Å². The average molecular weight is 415 g/mol. The monoisotopic (exact) mass is 414 g/mol. The van der Waals surface area contributed by atoms with Crippen LogP contribution in [0.15, 0.2) is 36.4 Å². The molecule has 2 aromatic rings. The van der Waals surface area contributed by atoms with Gasteiger partial charge in [-0.25, -0.2) is 0 Å². The van der Waals surface area contributed by atoms with Crippen LogP contribution in [0.1, 0.15) is 33.9 Å². The van der Waals surface area contributed by atoms with E-state index >= 15 is 0 Å². The fraction of sp³-hybridized carbons (Fsp3) is 0.429. The summed E-state index contributed by atoms with van der Waals surface area (Å²) in [6, 6.07) is 11.9. The van der Waals surface area contributed by atoms with Crippen molar-refractivity contribution in [2.75, 3.05) is 6.61 Å². The van der Waals surface area contributed by atoms with Crippen molar-refractivity contribution in [1.82, 2.24) is 0 Å². The molecule has 4 rings (SSSR count). The van der Waals surface area contributed by atoms with Gasteiger partial charge in [-0.3, -0.25) is 0 Å². The van der Waals surface area contributed by atoms with E-state index in [2.05, 4.69) is 33.9 Å². The molecule has 5 atom stereocenters. The molecule has 4 N–H and O–H groups in total. The Morgan fingerprint density at radius 2 is 1.79 bits per heavy atom. The molecule has 29 heavy (non-hydrogen) atoms. The smallest absolute Gasteiger partial charge is 0.113 e. The van der Waals surface area contributed by atoms with Crippen LogP contribution < -0.4 is 0 Å². The minimum absolute atomic E-state index is 0.202. The Hall–Kier alpha value is -1.34. The molecule has 0 amide bonds. The number of halogens is 1. The zero-order valence-corrected chi connectivity index (χ0v) is 17.3. The van der Waals surface area contributed by atoms with Crippen molar-refractivity contribution in [3.63, 3.8) is 0 Å². The van der Waals surface area contributed by atoms with Gasteiger partial charge in [0.1, 0.15) is 46.2 Å². The highest BCUT2D eigenvalue weighted by molar-refractivity contribution is 6.41. The molecule has 2 aliphatic rings. The summed E-state index contributed by atoms with van der Waals surface area (Å²) in [7, 11) is 4.48. The molecule has 0 aromatic heterocycles. The number of aliphatic hydroxyl groups is 4. The molecule has 152 valence electrons. The highest BCUT2D eigenvalue weighted by atomic mass is 35.5. The van der Waals surface area contributed by atoms with Crippen LogP contribution in [0.3, 0.4) is 0 Å². The lowest BCUT2D eigenvalue weighted by Crippen LogP contribution is -2.55. The molecule has 0 saturated carbocycles. The number of fused-ring (bicyclic) bond motifs is 1. The van der Waals surface area contributed by atoms with Crippen LogP contribution in [-0.4, -0.2) is 67.1 Å². The predicted octanol–water partition coefficient (Wildman–Crippen LogP) is -0.579. The molecule has 1 saturated heterocycles. The summed E-state index contributed by atoms with van der Waals surface area (Å²) in [5.74, 6) is 0. The first-order chi connectivity index (χ1) is 13.7. The summed E-state index contributed by atoms with van der Waals surface area (Å²) in [5, 5.41) is 40.7. The van der Waals surface area contributed by atoms with E-state index < -0.39 is 37.1 Å². The first-order valence-electron chi connectivity index (χ1n) is 9.92. The van der Waals surface area contributed by atoms with Gasteiger partial charge >= 0.3 is 0 Å². The standard InChI is InChI=1S/C21H25B2ClO5/c22-21(23)8-12-2-1-10(6-14(12)21)5-13-7-11(3-4-15(13)24)20-19(28)18(27)17(26)16(9-25)29-20/h1-4,6-7,16-20,25-28H,5,8-9,22-23H2/t16-,17-,18+,19-,20+/m1/s1. The predicted molar refractivity (Wildman–Crippen MR) is 116 cm³/mol. The molecule has 2 aromatic carbocycles. The molecule has 5 nitrogen and oxygen atoms in total. The highest BCUT2D eigenvalue weighted by Crippen LogP contribution is 2.38. The second-order valence-corrected chi connectivity index (χ2v) is 9.24. The largest absolute Gasteiger partial charge is 0.394 e. The fourth-order valence-electron chi connectivity index (χ4n) is 4.49. The van der Waals surface area contributed by atoms with Gasteiger partial charge in [0.2, 0.25) is 0 Å². The average Bonchev–Trinajstić information content (AvgIpc) is 2.69. The van der Waals surface area contributed by atoms with Crippen LogP contribution in [-0.2, 0) is 22.8 Å². The summed E-state index contributed by atoms with van der Waals surface area (Å²) in [6.45, 7) is -0.452. The molecular formula is C21H25B2ClO5. The SMILES string of the molecule is BC1(B)Cc2ccc(Cc3cc([C@@H]4O[C@H](CO)[C@@H](O)[C@H](O)[C@H]4O)ccc3Cl)cc21. The zero-order chi connectivity index (χ0) is 20.9. The molecule has 1 fully saturated rings. The minimum Gasteiger partial charge on any atom is -0.394 e. The molecule has 0 unspecified atom stereocenters. The van der Waals surface area contributed by atoms with Gasteiger partial charge in [-0.05, 0) is 41.2 Å². The third-order valence-electron chi connectivity index (χ3n) is 6.22. The normalized spacial score (nSPS) is 30.4. The maximum atomic E-state index is 10.4. The van der Waals surface area contributed by atoms with E-state index in [-0.39, 0.29) is 5.21 Å². The van der Waals surface area contributed by atoms with Gasteiger partial charge in [-0.2, -0.15) is 0 Å². The molecule has 8 heteroatoms. The maximum Gasteiger partial charge on any atom is 0.113 e. The van der Waals surface area contributed by atoms with E-state index in [4.69, 9.17) is 16.3 Å². The first-order valence-corrected chi connectivity index (χ1v) is 10.3. The molecule has 0 radical (unpaired) electrons. The van der Waals surface area contributed by atoms with Crippen molar-refractivity contribution in [1.29, 1.82) is 0 Å². The number of hydrogen-bond donors (Lipinski definition) is 4. The maximum absolute atomic E-state index is 10.4. The van der Waals surface area contributed by atoms with Gasteiger partial charge < -0.3 is 25.2 Å². The Labute approximate surface area is 177 Å². The number of benzene rings is 2. The number of hydrogen-bond acceptors (Lipinski definition) is 5. The minimum atomic E-state index is -1.40.